The predicted molar refractivity (Wildman–Crippen MR) is 135 cm³/mol. The van der Waals surface area contributed by atoms with E-state index in [0.717, 1.165) is 33.4 Å². The van der Waals surface area contributed by atoms with Gasteiger partial charge in [-0.1, -0.05) is 59.7 Å². The van der Waals surface area contributed by atoms with Crippen LogP contribution >= 0.6 is 0 Å². The number of ether oxygens (including phenoxy) is 2. The molecule has 1 heterocycles. The van der Waals surface area contributed by atoms with E-state index in [1.807, 2.05) is 62.4 Å². The number of benzene rings is 3. The highest BCUT2D eigenvalue weighted by Gasteiger charge is 2.22. The second-order valence-corrected chi connectivity index (χ2v) is 8.02. The molecule has 0 saturated carbocycles. The Morgan fingerprint density at radius 1 is 0.943 bits per heavy atom. The van der Waals surface area contributed by atoms with Crippen molar-refractivity contribution in [1.29, 1.82) is 5.26 Å². The molecule has 0 saturated heterocycles. The van der Waals surface area contributed by atoms with Crippen molar-refractivity contribution in [1.82, 2.24) is 0 Å². The smallest absolute Gasteiger partial charge is 0.343 e. The average Bonchev–Trinajstić information content (AvgIpc) is 3.26. The average molecular weight is 465 g/mol. The fraction of sp³-hybridized carbons (Fsp3) is 0.138. The number of hydrogen-bond donors (Lipinski definition) is 0. The third kappa shape index (κ3) is 5.48. The highest BCUT2D eigenvalue weighted by Crippen LogP contribution is 2.42. The molecule has 6 nitrogen and oxygen atoms in total. The Bertz CT molecular complexity index is 1390. The van der Waals surface area contributed by atoms with Gasteiger partial charge in [0.15, 0.2) is 6.61 Å². The van der Waals surface area contributed by atoms with Crippen molar-refractivity contribution in [2.45, 2.75) is 13.8 Å². The first-order valence-corrected chi connectivity index (χ1v) is 11.0. The fourth-order valence-electron chi connectivity index (χ4n) is 3.50. The maximum Gasteiger partial charge on any atom is 0.343 e. The van der Waals surface area contributed by atoms with Crippen molar-refractivity contribution < 1.29 is 18.7 Å². The molecule has 0 amide bonds. The Kier molecular flexibility index (Phi) is 7.08. The molecular formula is C29H24N2O4. The van der Waals surface area contributed by atoms with Crippen LogP contribution in [0.4, 0.5) is 5.88 Å². The van der Waals surface area contributed by atoms with Crippen LogP contribution in [0, 0.1) is 25.2 Å². The standard InChI is InChI=1S/C29H24N2O4/c1-19-4-10-22(11-5-19)27-25(16-30)29(35-28(27)23-12-6-20(2)7-13-23)31-17-21-8-14-24(15-9-21)34-18-26(32)33-3/h4-15,17H,18H2,1-3H3. The topological polar surface area (TPSA) is 84.8 Å². The van der Waals surface area contributed by atoms with Gasteiger partial charge in [-0.05, 0) is 49.2 Å². The molecule has 174 valence electrons. The zero-order valence-corrected chi connectivity index (χ0v) is 19.7. The first-order valence-electron chi connectivity index (χ1n) is 11.0. The molecule has 0 bridgehead atoms. The molecule has 0 unspecified atom stereocenters. The van der Waals surface area contributed by atoms with E-state index in [2.05, 4.69) is 15.8 Å². The largest absolute Gasteiger partial charge is 0.482 e. The summed E-state index contributed by atoms with van der Waals surface area (Å²) in [7, 11) is 1.31. The van der Waals surface area contributed by atoms with Gasteiger partial charge in [-0.2, -0.15) is 5.26 Å². The first-order chi connectivity index (χ1) is 17.0. The molecule has 0 fully saturated rings. The van der Waals surface area contributed by atoms with Gasteiger partial charge in [-0.15, -0.1) is 0 Å². The zero-order valence-electron chi connectivity index (χ0n) is 19.7. The highest BCUT2D eigenvalue weighted by molar-refractivity contribution is 5.90. The lowest BCUT2D eigenvalue weighted by Gasteiger charge is -2.05. The number of rotatable bonds is 7. The molecule has 4 rings (SSSR count). The lowest BCUT2D eigenvalue weighted by molar-refractivity contribution is -0.142. The lowest BCUT2D eigenvalue weighted by Crippen LogP contribution is -2.12. The minimum atomic E-state index is -0.453. The van der Waals surface area contributed by atoms with Crippen molar-refractivity contribution in [2.24, 2.45) is 4.99 Å². The van der Waals surface area contributed by atoms with Crippen molar-refractivity contribution in [3.8, 4) is 34.3 Å². The number of nitriles is 1. The quantitative estimate of drug-likeness (QED) is 0.233. The van der Waals surface area contributed by atoms with Crippen LogP contribution in [0.25, 0.3) is 22.5 Å². The summed E-state index contributed by atoms with van der Waals surface area (Å²) >= 11 is 0. The van der Waals surface area contributed by atoms with Crippen LogP contribution < -0.4 is 4.74 Å². The maximum absolute atomic E-state index is 11.2. The summed E-state index contributed by atoms with van der Waals surface area (Å²) in [6.07, 6.45) is 1.63. The maximum atomic E-state index is 11.2. The second-order valence-electron chi connectivity index (χ2n) is 8.02. The molecule has 0 radical (unpaired) electrons. The van der Waals surface area contributed by atoms with E-state index in [0.29, 0.717) is 17.1 Å². The molecule has 4 aromatic rings. The summed E-state index contributed by atoms with van der Waals surface area (Å²) in [6.45, 7) is 3.88. The summed E-state index contributed by atoms with van der Waals surface area (Å²) in [4.78, 5) is 15.7. The van der Waals surface area contributed by atoms with Gasteiger partial charge in [0.25, 0.3) is 0 Å². The van der Waals surface area contributed by atoms with Crippen LogP contribution in [0.2, 0.25) is 0 Å². The van der Waals surface area contributed by atoms with E-state index < -0.39 is 5.97 Å². The van der Waals surface area contributed by atoms with Crippen molar-refractivity contribution in [3.63, 3.8) is 0 Å². The summed E-state index contributed by atoms with van der Waals surface area (Å²) in [6, 6.07) is 25.3. The number of hydrogen-bond acceptors (Lipinski definition) is 6. The number of carbonyl (C=O) groups excluding carboxylic acids is 1. The Labute approximate surface area is 204 Å². The Balaban J connectivity index is 1.70. The van der Waals surface area contributed by atoms with Gasteiger partial charge >= 0.3 is 5.97 Å². The normalized spacial score (nSPS) is 10.8. The Hall–Kier alpha value is -4.63. The third-order valence-corrected chi connectivity index (χ3v) is 5.45. The summed E-state index contributed by atoms with van der Waals surface area (Å²) < 4.78 is 16.1. The van der Waals surface area contributed by atoms with Gasteiger partial charge in [0.05, 0.1) is 7.11 Å². The third-order valence-electron chi connectivity index (χ3n) is 5.45. The van der Waals surface area contributed by atoms with E-state index in [9.17, 15) is 10.1 Å². The number of nitrogens with zero attached hydrogens (tertiary/aromatic N) is 2. The van der Waals surface area contributed by atoms with Gasteiger partial charge in [-0.25, -0.2) is 9.79 Å². The van der Waals surface area contributed by atoms with E-state index in [4.69, 9.17) is 9.15 Å². The van der Waals surface area contributed by atoms with Gasteiger partial charge in [0.2, 0.25) is 5.88 Å². The van der Waals surface area contributed by atoms with E-state index in [1.165, 1.54) is 7.11 Å². The number of aryl methyl sites for hydroxylation is 2. The van der Waals surface area contributed by atoms with Gasteiger partial charge in [0.1, 0.15) is 23.1 Å². The molecule has 35 heavy (non-hydrogen) atoms. The predicted octanol–water partition coefficient (Wildman–Crippen LogP) is 6.40. The van der Waals surface area contributed by atoms with Gasteiger partial charge in [0, 0.05) is 17.3 Å². The molecule has 3 aromatic carbocycles. The van der Waals surface area contributed by atoms with Gasteiger partial charge < -0.3 is 13.9 Å². The monoisotopic (exact) mass is 464 g/mol. The molecule has 0 N–H and O–H groups in total. The molecule has 1 aromatic heterocycles. The second kappa shape index (κ2) is 10.5. The Morgan fingerprint density at radius 2 is 1.54 bits per heavy atom. The molecule has 0 spiro atoms. The molecule has 6 heteroatoms. The molecule has 0 aliphatic carbocycles. The fourth-order valence-corrected chi connectivity index (χ4v) is 3.50. The number of furan rings is 1. The van der Waals surface area contributed by atoms with Crippen molar-refractivity contribution >= 4 is 18.1 Å². The van der Waals surface area contributed by atoms with Crippen LogP contribution in [0.5, 0.6) is 5.75 Å². The summed E-state index contributed by atoms with van der Waals surface area (Å²) in [5, 5.41) is 10.0. The van der Waals surface area contributed by atoms with Crippen molar-refractivity contribution in [3.05, 3.63) is 95.1 Å². The van der Waals surface area contributed by atoms with E-state index >= 15 is 0 Å². The number of carbonyl (C=O) groups is 1. The van der Waals surface area contributed by atoms with E-state index in [-0.39, 0.29) is 12.5 Å². The number of aliphatic imine (C=N–C) groups is 1. The van der Waals surface area contributed by atoms with Gasteiger partial charge in [-0.3, -0.25) is 0 Å². The SMILES string of the molecule is COC(=O)COc1ccc(C=Nc2oc(-c3ccc(C)cc3)c(-c3ccc(C)cc3)c2C#N)cc1. The van der Waals surface area contributed by atoms with Crippen LogP contribution in [-0.2, 0) is 9.53 Å². The van der Waals surface area contributed by atoms with Crippen LogP contribution in [0.3, 0.4) is 0 Å². The van der Waals surface area contributed by atoms with Crippen LogP contribution in [-0.4, -0.2) is 25.9 Å². The molecule has 0 aliphatic heterocycles. The Morgan fingerprint density at radius 3 is 2.11 bits per heavy atom. The minimum absolute atomic E-state index is 0.161. The van der Waals surface area contributed by atoms with E-state index in [1.54, 1.807) is 30.5 Å². The highest BCUT2D eigenvalue weighted by atomic mass is 16.6. The van der Waals surface area contributed by atoms with Crippen molar-refractivity contribution in [2.75, 3.05) is 13.7 Å². The molecule has 0 aliphatic rings. The summed E-state index contributed by atoms with van der Waals surface area (Å²) in [5.41, 5.74) is 5.90. The lowest BCUT2D eigenvalue weighted by atomic mass is 9.97. The van der Waals surface area contributed by atoms with Crippen LogP contribution in [0.1, 0.15) is 22.3 Å². The minimum Gasteiger partial charge on any atom is -0.482 e. The first kappa shape index (κ1) is 23.5. The number of methoxy groups -OCH3 is 1. The zero-order chi connectivity index (χ0) is 24.8. The molecular weight excluding hydrogens is 440 g/mol. The number of esters is 1. The summed E-state index contributed by atoms with van der Waals surface area (Å²) in [5.74, 6) is 0.923. The van der Waals surface area contributed by atoms with Crippen LogP contribution in [0.15, 0.2) is 82.2 Å². The molecule has 0 atom stereocenters.